The summed E-state index contributed by atoms with van der Waals surface area (Å²) in [5.41, 5.74) is 0.733. The summed E-state index contributed by atoms with van der Waals surface area (Å²) in [7, 11) is -3.01. The van der Waals surface area contributed by atoms with Gasteiger partial charge in [-0.1, -0.05) is 43.1 Å². The Bertz CT molecular complexity index is 490. The van der Waals surface area contributed by atoms with Crippen molar-refractivity contribution in [2.24, 2.45) is 0 Å². The van der Waals surface area contributed by atoms with Crippen LogP contribution >= 0.6 is 30.8 Å². The summed E-state index contributed by atoms with van der Waals surface area (Å²) in [6.45, 7) is 4.09. The Labute approximate surface area is 117 Å². The molecule has 1 aliphatic heterocycles. The average molecular weight is 309 g/mol. The summed E-state index contributed by atoms with van der Waals surface area (Å²) >= 11 is 11.9. The van der Waals surface area contributed by atoms with Crippen LogP contribution in [-0.4, -0.2) is 12.3 Å². The molecule has 3 nitrogen and oxygen atoms in total. The minimum absolute atomic E-state index is 0.150. The molecule has 0 radical (unpaired) electrons. The maximum Gasteiger partial charge on any atom is 0.333 e. The van der Waals surface area contributed by atoms with Gasteiger partial charge in [-0.3, -0.25) is 4.57 Å². The molecule has 0 aromatic heterocycles. The molecule has 2 atom stereocenters. The second-order valence-electron chi connectivity index (χ2n) is 4.52. The smallest absolute Gasteiger partial charge is 0.308 e. The molecule has 0 saturated carbocycles. The van der Waals surface area contributed by atoms with E-state index in [-0.39, 0.29) is 11.8 Å². The lowest BCUT2D eigenvalue weighted by atomic mass is 10.1. The van der Waals surface area contributed by atoms with Crippen LogP contribution in [-0.2, 0) is 13.6 Å². The monoisotopic (exact) mass is 308 g/mol. The first kappa shape index (κ1) is 14.4. The maximum atomic E-state index is 12.4. The van der Waals surface area contributed by atoms with Crippen LogP contribution in [0, 0.1) is 0 Å². The Morgan fingerprint density at radius 1 is 1.33 bits per heavy atom. The van der Waals surface area contributed by atoms with E-state index in [1.54, 1.807) is 12.1 Å². The van der Waals surface area contributed by atoms with Crippen molar-refractivity contribution in [3.63, 3.8) is 0 Å². The first-order chi connectivity index (χ1) is 8.42. The number of benzene rings is 1. The van der Waals surface area contributed by atoms with E-state index in [0.29, 0.717) is 23.1 Å². The van der Waals surface area contributed by atoms with E-state index in [9.17, 15) is 4.57 Å². The molecule has 0 aliphatic carbocycles. The molecule has 1 aromatic rings. The van der Waals surface area contributed by atoms with E-state index < -0.39 is 7.60 Å². The van der Waals surface area contributed by atoms with E-state index in [2.05, 4.69) is 0 Å². The van der Waals surface area contributed by atoms with E-state index in [0.717, 1.165) is 5.56 Å². The first-order valence-corrected chi connectivity index (χ1v) is 8.17. The van der Waals surface area contributed by atoms with Crippen molar-refractivity contribution in [2.75, 3.05) is 6.61 Å². The highest BCUT2D eigenvalue weighted by Gasteiger charge is 2.37. The van der Waals surface area contributed by atoms with Gasteiger partial charge in [0.1, 0.15) is 0 Å². The summed E-state index contributed by atoms with van der Waals surface area (Å²) in [6, 6.07) is 5.32. The molecule has 100 valence electrons. The molecule has 1 aromatic carbocycles. The molecule has 0 bridgehead atoms. The summed E-state index contributed by atoms with van der Waals surface area (Å²) in [5.74, 6) is 0. The second-order valence-corrected chi connectivity index (χ2v) is 7.92. The van der Waals surface area contributed by atoms with Crippen molar-refractivity contribution in [3.8, 4) is 0 Å². The van der Waals surface area contributed by atoms with Crippen molar-refractivity contribution in [2.45, 2.75) is 32.0 Å². The van der Waals surface area contributed by atoms with Gasteiger partial charge < -0.3 is 9.05 Å². The van der Waals surface area contributed by atoms with Crippen LogP contribution in [0.3, 0.4) is 0 Å². The molecule has 1 aliphatic rings. The van der Waals surface area contributed by atoms with E-state index in [1.807, 2.05) is 19.9 Å². The van der Waals surface area contributed by atoms with E-state index in [1.165, 1.54) is 0 Å². The van der Waals surface area contributed by atoms with Crippen LogP contribution in [0.2, 0.25) is 10.0 Å². The molecular formula is C12H15Cl2O3P. The van der Waals surface area contributed by atoms with Crippen molar-refractivity contribution in [3.05, 3.63) is 33.8 Å². The van der Waals surface area contributed by atoms with Crippen LogP contribution in [0.5, 0.6) is 0 Å². The Kier molecular flexibility index (Phi) is 4.40. The molecule has 0 amide bonds. The minimum atomic E-state index is -3.01. The van der Waals surface area contributed by atoms with Gasteiger partial charge >= 0.3 is 7.60 Å². The summed E-state index contributed by atoms with van der Waals surface area (Å²) in [6.07, 6.45) is 0.413. The number of rotatable bonds is 2. The Balaban J connectivity index is 2.23. The number of hydrogen-bond acceptors (Lipinski definition) is 3. The highest BCUT2D eigenvalue weighted by atomic mass is 35.5. The molecule has 6 heteroatoms. The van der Waals surface area contributed by atoms with Crippen LogP contribution in [0.4, 0.5) is 0 Å². The second kappa shape index (κ2) is 5.52. The minimum Gasteiger partial charge on any atom is -0.308 e. The fourth-order valence-corrected chi connectivity index (χ4v) is 3.61. The molecular weight excluding hydrogens is 294 g/mol. The number of hydrogen-bond donors (Lipinski definition) is 0. The SMILES string of the molecule is CC(C)P1(=O)OCCC(c2ccc(Cl)c(Cl)c2)O1. The highest BCUT2D eigenvalue weighted by molar-refractivity contribution is 7.54. The molecule has 1 fully saturated rings. The van der Waals surface area contributed by atoms with Crippen molar-refractivity contribution in [1.29, 1.82) is 0 Å². The fraction of sp³-hybridized carbons (Fsp3) is 0.500. The Hall–Kier alpha value is -0.0500. The van der Waals surface area contributed by atoms with Gasteiger partial charge in [0.2, 0.25) is 0 Å². The molecule has 1 heterocycles. The molecule has 18 heavy (non-hydrogen) atoms. The lowest BCUT2D eigenvalue weighted by Gasteiger charge is -2.32. The molecule has 0 spiro atoms. The highest BCUT2D eigenvalue weighted by Crippen LogP contribution is 2.59. The quantitative estimate of drug-likeness (QED) is 0.715. The molecule has 1 saturated heterocycles. The molecule has 0 N–H and O–H groups in total. The van der Waals surface area contributed by atoms with Crippen LogP contribution in [0.1, 0.15) is 31.9 Å². The normalized spacial score (nSPS) is 28.6. The van der Waals surface area contributed by atoms with Gasteiger partial charge in [0.05, 0.1) is 28.4 Å². The zero-order valence-electron chi connectivity index (χ0n) is 10.2. The predicted molar refractivity (Wildman–Crippen MR) is 73.6 cm³/mol. The topological polar surface area (TPSA) is 35.5 Å². The van der Waals surface area contributed by atoms with Crippen LogP contribution in [0.15, 0.2) is 18.2 Å². The largest absolute Gasteiger partial charge is 0.333 e. The van der Waals surface area contributed by atoms with E-state index in [4.69, 9.17) is 32.2 Å². The molecule has 2 unspecified atom stereocenters. The third-order valence-corrected chi connectivity index (χ3v) is 5.97. The van der Waals surface area contributed by atoms with Crippen molar-refractivity contribution < 1.29 is 13.6 Å². The van der Waals surface area contributed by atoms with Crippen LogP contribution < -0.4 is 0 Å². The third kappa shape index (κ3) is 2.92. The van der Waals surface area contributed by atoms with Gasteiger partial charge in [0, 0.05) is 6.42 Å². The summed E-state index contributed by atoms with van der Waals surface area (Å²) < 4.78 is 23.3. The number of halogens is 2. The van der Waals surface area contributed by atoms with Gasteiger partial charge in [0.25, 0.3) is 0 Å². The van der Waals surface area contributed by atoms with Gasteiger partial charge in [-0.05, 0) is 17.7 Å². The zero-order chi connectivity index (χ0) is 13.3. The van der Waals surface area contributed by atoms with Crippen LogP contribution in [0.25, 0.3) is 0 Å². The predicted octanol–water partition coefficient (Wildman–Crippen LogP) is 5.07. The van der Waals surface area contributed by atoms with Gasteiger partial charge in [0.15, 0.2) is 0 Å². The lowest BCUT2D eigenvalue weighted by molar-refractivity contribution is 0.0781. The summed E-state index contributed by atoms with van der Waals surface area (Å²) in [5, 5.41) is 0.975. The maximum absolute atomic E-state index is 12.4. The lowest BCUT2D eigenvalue weighted by Crippen LogP contribution is -2.18. The fourth-order valence-electron chi connectivity index (χ4n) is 1.76. The standard InChI is InChI=1S/C12H15Cl2O3P/c1-8(2)18(15)16-6-5-12(17-18)9-3-4-10(13)11(14)7-9/h3-4,7-8,12H,5-6H2,1-2H3. The zero-order valence-corrected chi connectivity index (χ0v) is 12.6. The third-order valence-electron chi connectivity index (χ3n) is 2.87. The van der Waals surface area contributed by atoms with Gasteiger partial charge in [-0.15, -0.1) is 0 Å². The Morgan fingerprint density at radius 3 is 2.67 bits per heavy atom. The molecule has 2 rings (SSSR count). The van der Waals surface area contributed by atoms with Crippen molar-refractivity contribution in [1.82, 2.24) is 0 Å². The first-order valence-electron chi connectivity index (χ1n) is 5.80. The summed E-state index contributed by atoms with van der Waals surface area (Å²) in [4.78, 5) is 0. The Morgan fingerprint density at radius 2 is 2.06 bits per heavy atom. The van der Waals surface area contributed by atoms with Gasteiger partial charge in [-0.2, -0.15) is 0 Å². The average Bonchev–Trinajstić information content (AvgIpc) is 2.32. The van der Waals surface area contributed by atoms with Gasteiger partial charge in [-0.25, -0.2) is 0 Å². The van der Waals surface area contributed by atoms with E-state index >= 15 is 0 Å². The van der Waals surface area contributed by atoms with Crippen molar-refractivity contribution >= 4 is 30.8 Å².